The van der Waals surface area contributed by atoms with E-state index in [2.05, 4.69) is 0 Å². The molecule has 2 saturated heterocycles. The zero-order chi connectivity index (χ0) is 18.0. The molecule has 1 aromatic rings. The lowest BCUT2D eigenvalue weighted by Crippen LogP contribution is -2.43. The molecule has 3 amide bonds. The number of amides is 3. The number of rotatable bonds is 3. The maximum atomic E-state index is 13.0. The van der Waals surface area contributed by atoms with Crippen LogP contribution < -0.4 is 0 Å². The third-order valence-electron chi connectivity index (χ3n) is 5.34. The van der Waals surface area contributed by atoms with Crippen LogP contribution in [-0.4, -0.2) is 47.7 Å². The van der Waals surface area contributed by atoms with Crippen LogP contribution in [0.1, 0.15) is 44.1 Å². The monoisotopic (exact) mass is 362 g/mol. The molecule has 0 aromatic heterocycles. The summed E-state index contributed by atoms with van der Waals surface area (Å²) in [5.74, 6) is -0.680. The van der Waals surface area contributed by atoms with E-state index in [0.29, 0.717) is 10.6 Å². The van der Waals surface area contributed by atoms with Gasteiger partial charge in [0.25, 0.3) is 0 Å². The summed E-state index contributed by atoms with van der Waals surface area (Å²) in [5, 5.41) is 0.419. The first kappa shape index (κ1) is 17.9. The summed E-state index contributed by atoms with van der Waals surface area (Å²) in [6.45, 7) is 1.44. The number of nitrogens with zero attached hydrogens (tertiary/aromatic N) is 2. The first-order chi connectivity index (χ1) is 12.0. The average molecular weight is 363 g/mol. The molecule has 2 fully saturated rings. The first-order valence-electron chi connectivity index (χ1n) is 8.79. The number of imide groups is 1. The highest BCUT2D eigenvalue weighted by molar-refractivity contribution is 6.32. The molecule has 0 bridgehead atoms. The van der Waals surface area contributed by atoms with Crippen LogP contribution in [0.15, 0.2) is 24.3 Å². The van der Waals surface area contributed by atoms with Gasteiger partial charge in [-0.2, -0.15) is 0 Å². The zero-order valence-electron chi connectivity index (χ0n) is 14.5. The Bertz CT molecular complexity index is 698. The van der Waals surface area contributed by atoms with Crippen LogP contribution in [-0.2, 0) is 19.8 Å². The molecule has 2 heterocycles. The maximum Gasteiger partial charge on any atom is 0.240 e. The minimum absolute atomic E-state index is 0.00829. The van der Waals surface area contributed by atoms with E-state index in [1.807, 2.05) is 4.90 Å². The summed E-state index contributed by atoms with van der Waals surface area (Å²) in [7, 11) is 1.47. The van der Waals surface area contributed by atoms with E-state index < -0.39 is 5.41 Å². The molecule has 134 valence electrons. The lowest BCUT2D eigenvalue weighted by molar-refractivity contribution is -0.141. The van der Waals surface area contributed by atoms with Crippen molar-refractivity contribution in [3.8, 4) is 0 Å². The van der Waals surface area contributed by atoms with Crippen LogP contribution in [0.5, 0.6) is 0 Å². The fraction of sp³-hybridized carbons (Fsp3) is 0.526. The SMILES string of the molecule is CN1C(=O)CC(CC(=O)N2CCCCCC2)(c2ccccc2Cl)C1=O. The first-order valence-corrected chi connectivity index (χ1v) is 9.17. The zero-order valence-corrected chi connectivity index (χ0v) is 15.2. The molecule has 1 aromatic carbocycles. The molecule has 2 aliphatic rings. The average Bonchev–Trinajstić information content (AvgIpc) is 2.82. The number of halogens is 1. The van der Waals surface area contributed by atoms with Gasteiger partial charge < -0.3 is 4.90 Å². The Morgan fingerprint density at radius 2 is 1.76 bits per heavy atom. The molecule has 6 heteroatoms. The van der Waals surface area contributed by atoms with Gasteiger partial charge in [0, 0.05) is 38.0 Å². The van der Waals surface area contributed by atoms with Crippen molar-refractivity contribution in [2.45, 2.75) is 43.9 Å². The smallest absolute Gasteiger partial charge is 0.240 e. The Labute approximate surface area is 152 Å². The van der Waals surface area contributed by atoms with E-state index in [0.717, 1.165) is 43.7 Å². The summed E-state index contributed by atoms with van der Waals surface area (Å²) < 4.78 is 0. The lowest BCUT2D eigenvalue weighted by Gasteiger charge is -2.30. The number of likely N-dealkylation sites (N-methyl/N-ethyl adjacent to an activating group) is 1. The summed E-state index contributed by atoms with van der Waals surface area (Å²) >= 11 is 6.34. The standard InChI is InChI=1S/C19H23ClN2O3/c1-21-16(23)12-19(18(21)25,14-8-4-5-9-15(14)20)13-17(24)22-10-6-2-3-7-11-22/h4-5,8-9H,2-3,6-7,10-13H2,1H3. The van der Waals surface area contributed by atoms with Crippen LogP contribution in [0.2, 0.25) is 5.02 Å². The second kappa shape index (κ2) is 7.16. The van der Waals surface area contributed by atoms with Gasteiger partial charge in [-0.25, -0.2) is 0 Å². The number of hydrogen-bond acceptors (Lipinski definition) is 3. The molecule has 0 aliphatic carbocycles. The molecular weight excluding hydrogens is 340 g/mol. The van der Waals surface area contributed by atoms with Gasteiger partial charge in [-0.05, 0) is 24.5 Å². The van der Waals surface area contributed by atoms with Crippen molar-refractivity contribution in [3.63, 3.8) is 0 Å². The van der Waals surface area contributed by atoms with E-state index in [1.54, 1.807) is 24.3 Å². The highest BCUT2D eigenvalue weighted by atomic mass is 35.5. The Hall–Kier alpha value is -1.88. The molecule has 3 rings (SSSR count). The molecular formula is C19H23ClN2O3. The van der Waals surface area contributed by atoms with Crippen molar-refractivity contribution < 1.29 is 14.4 Å². The summed E-state index contributed by atoms with van der Waals surface area (Å²) in [6.07, 6.45) is 4.20. The van der Waals surface area contributed by atoms with Gasteiger partial charge in [0.2, 0.25) is 17.7 Å². The van der Waals surface area contributed by atoms with E-state index in [4.69, 9.17) is 11.6 Å². The summed E-state index contributed by atoms with van der Waals surface area (Å²) in [5.41, 5.74) is -0.615. The number of carbonyl (C=O) groups excluding carboxylic acids is 3. The molecule has 1 atom stereocenters. The second-order valence-electron chi connectivity index (χ2n) is 6.97. The third kappa shape index (κ3) is 3.30. The summed E-state index contributed by atoms with van der Waals surface area (Å²) in [4.78, 5) is 41.1. The number of carbonyl (C=O) groups is 3. The van der Waals surface area contributed by atoms with Crippen molar-refractivity contribution in [1.82, 2.24) is 9.80 Å². The predicted octanol–water partition coefficient (Wildman–Crippen LogP) is 2.76. The van der Waals surface area contributed by atoms with Crippen LogP contribution in [0.4, 0.5) is 0 Å². The fourth-order valence-corrected chi connectivity index (χ4v) is 4.19. The Morgan fingerprint density at radius 3 is 2.32 bits per heavy atom. The fourth-order valence-electron chi connectivity index (χ4n) is 3.87. The number of benzene rings is 1. The van der Waals surface area contributed by atoms with Gasteiger partial charge >= 0.3 is 0 Å². The second-order valence-corrected chi connectivity index (χ2v) is 7.38. The van der Waals surface area contributed by atoms with Crippen LogP contribution >= 0.6 is 11.6 Å². The van der Waals surface area contributed by atoms with Crippen molar-refractivity contribution >= 4 is 29.3 Å². The van der Waals surface area contributed by atoms with Gasteiger partial charge in [-0.3, -0.25) is 19.3 Å². The molecule has 0 radical (unpaired) electrons. The molecule has 1 unspecified atom stereocenters. The highest BCUT2D eigenvalue weighted by Gasteiger charge is 2.53. The van der Waals surface area contributed by atoms with E-state index in [1.165, 1.54) is 7.05 Å². The van der Waals surface area contributed by atoms with Crippen molar-refractivity contribution in [3.05, 3.63) is 34.9 Å². The quantitative estimate of drug-likeness (QED) is 0.777. The van der Waals surface area contributed by atoms with Gasteiger partial charge in [-0.1, -0.05) is 42.6 Å². The van der Waals surface area contributed by atoms with Gasteiger partial charge in [0.15, 0.2) is 0 Å². The predicted molar refractivity (Wildman–Crippen MR) is 95.2 cm³/mol. The Morgan fingerprint density at radius 1 is 1.12 bits per heavy atom. The van der Waals surface area contributed by atoms with Gasteiger partial charge in [-0.15, -0.1) is 0 Å². The third-order valence-corrected chi connectivity index (χ3v) is 5.67. The van der Waals surface area contributed by atoms with E-state index in [-0.39, 0.29) is 30.6 Å². The van der Waals surface area contributed by atoms with Crippen molar-refractivity contribution in [2.75, 3.05) is 20.1 Å². The largest absolute Gasteiger partial charge is 0.343 e. The Balaban J connectivity index is 1.95. The van der Waals surface area contributed by atoms with Crippen LogP contribution in [0, 0.1) is 0 Å². The van der Waals surface area contributed by atoms with Gasteiger partial charge in [0.05, 0.1) is 5.41 Å². The molecule has 25 heavy (non-hydrogen) atoms. The van der Waals surface area contributed by atoms with E-state index >= 15 is 0 Å². The molecule has 5 nitrogen and oxygen atoms in total. The minimum atomic E-state index is -1.19. The van der Waals surface area contributed by atoms with Crippen LogP contribution in [0.3, 0.4) is 0 Å². The topological polar surface area (TPSA) is 57.7 Å². The molecule has 0 N–H and O–H groups in total. The maximum absolute atomic E-state index is 13.0. The lowest BCUT2D eigenvalue weighted by atomic mass is 9.75. The molecule has 2 aliphatic heterocycles. The van der Waals surface area contributed by atoms with Crippen molar-refractivity contribution in [2.24, 2.45) is 0 Å². The highest BCUT2D eigenvalue weighted by Crippen LogP contribution is 2.42. The van der Waals surface area contributed by atoms with Crippen molar-refractivity contribution in [1.29, 1.82) is 0 Å². The number of hydrogen-bond donors (Lipinski definition) is 0. The van der Waals surface area contributed by atoms with Gasteiger partial charge in [0.1, 0.15) is 0 Å². The number of likely N-dealkylation sites (tertiary alicyclic amines) is 2. The normalized spacial score (nSPS) is 24.6. The molecule has 0 saturated carbocycles. The van der Waals surface area contributed by atoms with E-state index in [9.17, 15) is 14.4 Å². The summed E-state index contributed by atoms with van der Waals surface area (Å²) in [6, 6.07) is 7.02. The Kier molecular flexibility index (Phi) is 5.13. The molecule has 0 spiro atoms. The van der Waals surface area contributed by atoms with Crippen LogP contribution in [0.25, 0.3) is 0 Å². The minimum Gasteiger partial charge on any atom is -0.343 e.